The van der Waals surface area contributed by atoms with E-state index < -0.39 is 5.97 Å². The van der Waals surface area contributed by atoms with Crippen LogP contribution < -0.4 is 14.2 Å². The Morgan fingerprint density at radius 3 is 2.61 bits per heavy atom. The van der Waals surface area contributed by atoms with Crippen molar-refractivity contribution >= 4 is 23.9 Å². The van der Waals surface area contributed by atoms with Gasteiger partial charge in [0.2, 0.25) is 5.78 Å². The number of carbonyl (C=O) groups is 2. The van der Waals surface area contributed by atoms with E-state index in [1.165, 1.54) is 6.08 Å². The number of rotatable bonds is 4. The fourth-order valence-electron chi connectivity index (χ4n) is 3.68. The third-order valence-electron chi connectivity index (χ3n) is 5.38. The van der Waals surface area contributed by atoms with Crippen molar-refractivity contribution in [1.29, 1.82) is 0 Å². The van der Waals surface area contributed by atoms with Crippen molar-refractivity contribution in [2.45, 2.75) is 13.0 Å². The van der Waals surface area contributed by atoms with Gasteiger partial charge < -0.3 is 14.2 Å². The summed E-state index contributed by atoms with van der Waals surface area (Å²) in [6.45, 7) is 1.92. The largest absolute Gasteiger partial charge is 0.485 e. The number of carbonyl (C=O) groups excluding carboxylic acids is 2. The summed E-state index contributed by atoms with van der Waals surface area (Å²) in [7, 11) is 0. The maximum Gasteiger partial charge on any atom is 0.336 e. The number of ether oxygens (including phenoxy) is 3. The Morgan fingerprint density at radius 1 is 0.970 bits per heavy atom. The second kappa shape index (κ2) is 8.63. The van der Waals surface area contributed by atoms with E-state index in [1.807, 2.05) is 67.6 Å². The minimum atomic E-state index is -0.518. The van der Waals surface area contributed by atoms with E-state index in [0.29, 0.717) is 17.1 Å². The SMILES string of the molecule is C[C@H]1Oc2ccccc2C=C1/C=C1\Oc2cc(OC(=O)/C=C/c3ccccc3)ccc2C1=O. The smallest absolute Gasteiger partial charge is 0.336 e. The molecule has 0 unspecified atom stereocenters. The van der Waals surface area contributed by atoms with Gasteiger partial charge in [-0.3, -0.25) is 4.79 Å². The minimum Gasteiger partial charge on any atom is -0.485 e. The molecule has 0 radical (unpaired) electrons. The summed E-state index contributed by atoms with van der Waals surface area (Å²) in [5, 5.41) is 0. The summed E-state index contributed by atoms with van der Waals surface area (Å²) in [5.41, 5.74) is 3.10. The van der Waals surface area contributed by atoms with Gasteiger partial charge in [0.15, 0.2) is 5.76 Å². The Kier molecular flexibility index (Phi) is 5.37. The van der Waals surface area contributed by atoms with E-state index in [0.717, 1.165) is 22.4 Å². The van der Waals surface area contributed by atoms with Crippen LogP contribution in [0.3, 0.4) is 0 Å². The molecule has 3 aromatic rings. The van der Waals surface area contributed by atoms with Crippen LogP contribution in [0.1, 0.15) is 28.4 Å². The zero-order valence-corrected chi connectivity index (χ0v) is 17.9. The van der Waals surface area contributed by atoms with Crippen molar-refractivity contribution in [2.75, 3.05) is 0 Å². The summed E-state index contributed by atoms with van der Waals surface area (Å²) in [6.07, 6.45) is 6.50. The summed E-state index contributed by atoms with van der Waals surface area (Å²) >= 11 is 0. The van der Waals surface area contributed by atoms with Crippen LogP contribution in [-0.2, 0) is 4.79 Å². The second-order valence-corrected chi connectivity index (χ2v) is 7.71. The topological polar surface area (TPSA) is 61.8 Å². The average molecular weight is 436 g/mol. The minimum absolute atomic E-state index is 0.207. The quantitative estimate of drug-likeness (QED) is 0.301. The van der Waals surface area contributed by atoms with E-state index in [4.69, 9.17) is 14.2 Å². The second-order valence-electron chi connectivity index (χ2n) is 7.71. The maximum absolute atomic E-state index is 12.8. The van der Waals surface area contributed by atoms with E-state index in [1.54, 1.807) is 30.4 Å². The van der Waals surface area contributed by atoms with Crippen LogP contribution in [0, 0.1) is 0 Å². The molecule has 5 nitrogen and oxygen atoms in total. The van der Waals surface area contributed by atoms with Crippen molar-refractivity contribution < 1.29 is 23.8 Å². The first kappa shape index (κ1) is 20.5. The first-order valence-electron chi connectivity index (χ1n) is 10.6. The van der Waals surface area contributed by atoms with Crippen molar-refractivity contribution in [3.8, 4) is 17.2 Å². The molecule has 0 spiro atoms. The van der Waals surface area contributed by atoms with E-state index in [2.05, 4.69) is 0 Å². The van der Waals surface area contributed by atoms with Gasteiger partial charge in [0.25, 0.3) is 0 Å². The van der Waals surface area contributed by atoms with Gasteiger partial charge in [0, 0.05) is 17.7 Å². The van der Waals surface area contributed by atoms with E-state index >= 15 is 0 Å². The molecule has 5 heteroatoms. The van der Waals surface area contributed by atoms with Gasteiger partial charge in [-0.1, -0.05) is 48.5 Å². The Bertz CT molecular complexity index is 1330. The van der Waals surface area contributed by atoms with Crippen LogP contribution in [0.5, 0.6) is 17.2 Å². The van der Waals surface area contributed by atoms with Crippen molar-refractivity contribution in [3.63, 3.8) is 0 Å². The Balaban J connectivity index is 1.33. The molecule has 1 atom stereocenters. The lowest BCUT2D eigenvalue weighted by molar-refractivity contribution is -0.128. The number of hydrogen-bond acceptors (Lipinski definition) is 5. The van der Waals surface area contributed by atoms with Crippen LogP contribution >= 0.6 is 0 Å². The molecule has 0 fully saturated rings. The molecule has 3 aromatic carbocycles. The zero-order chi connectivity index (χ0) is 22.8. The predicted octanol–water partition coefficient (Wildman–Crippen LogP) is 5.63. The Morgan fingerprint density at radius 2 is 1.76 bits per heavy atom. The molecule has 162 valence electrons. The normalized spacial score (nSPS) is 17.7. The zero-order valence-electron chi connectivity index (χ0n) is 17.9. The summed E-state index contributed by atoms with van der Waals surface area (Å²) in [5.74, 6) is 0.928. The molecule has 0 aliphatic carbocycles. The molecule has 2 aliphatic heterocycles. The molecule has 0 bridgehead atoms. The number of hydrogen-bond donors (Lipinski definition) is 0. The van der Waals surface area contributed by atoms with Crippen molar-refractivity contribution in [1.82, 2.24) is 0 Å². The number of allylic oxidation sites excluding steroid dienone is 1. The van der Waals surface area contributed by atoms with E-state index in [9.17, 15) is 9.59 Å². The highest BCUT2D eigenvalue weighted by Gasteiger charge is 2.29. The molecule has 0 aromatic heterocycles. The van der Waals surface area contributed by atoms with Crippen LogP contribution in [0.2, 0.25) is 0 Å². The molecule has 0 amide bonds. The number of fused-ring (bicyclic) bond motifs is 2. The van der Waals surface area contributed by atoms with Gasteiger partial charge in [-0.2, -0.15) is 0 Å². The fraction of sp³-hybridized carbons (Fsp3) is 0.0714. The highest BCUT2D eigenvalue weighted by molar-refractivity contribution is 6.12. The van der Waals surface area contributed by atoms with Crippen molar-refractivity contribution in [2.24, 2.45) is 0 Å². The van der Waals surface area contributed by atoms with Crippen LogP contribution in [-0.4, -0.2) is 17.9 Å². The Labute approximate surface area is 191 Å². The number of ketones is 1. The maximum atomic E-state index is 12.8. The number of Topliss-reactive ketones (excluding diaryl/α,β-unsaturated/α-hetero) is 1. The molecular formula is C28H20O5. The molecule has 0 saturated heterocycles. The van der Waals surface area contributed by atoms with Gasteiger partial charge in [-0.25, -0.2) is 4.79 Å². The first-order chi connectivity index (χ1) is 16.1. The molecule has 0 N–H and O–H groups in total. The summed E-state index contributed by atoms with van der Waals surface area (Å²) < 4.78 is 17.1. The molecular weight excluding hydrogens is 416 g/mol. The standard InChI is InChI=1S/C28H20O5/c1-18-21(15-20-9-5-6-10-24(20)31-18)16-26-28(30)23-13-12-22(17-25(23)33-26)32-27(29)14-11-19-7-3-2-4-8-19/h2-18H,1H3/b14-11+,26-16-/t18-/m1/s1. The van der Waals surface area contributed by atoms with Gasteiger partial charge in [0.1, 0.15) is 23.4 Å². The number of para-hydroxylation sites is 1. The Hall–Kier alpha value is -4.38. The van der Waals surface area contributed by atoms with Crippen molar-refractivity contribution in [3.05, 3.63) is 113 Å². The highest BCUT2D eigenvalue weighted by atomic mass is 16.5. The lowest BCUT2D eigenvalue weighted by Crippen LogP contribution is -2.18. The summed E-state index contributed by atoms with van der Waals surface area (Å²) in [6, 6.07) is 21.9. The lowest BCUT2D eigenvalue weighted by atomic mass is 10.0. The fourth-order valence-corrected chi connectivity index (χ4v) is 3.68. The van der Waals surface area contributed by atoms with Gasteiger partial charge >= 0.3 is 5.97 Å². The third kappa shape index (κ3) is 4.34. The third-order valence-corrected chi connectivity index (χ3v) is 5.38. The van der Waals surface area contributed by atoms with Crippen LogP contribution in [0.15, 0.2) is 96.3 Å². The highest BCUT2D eigenvalue weighted by Crippen LogP contribution is 2.36. The van der Waals surface area contributed by atoms with Gasteiger partial charge in [-0.15, -0.1) is 0 Å². The van der Waals surface area contributed by atoms with Gasteiger partial charge in [-0.05, 0) is 54.5 Å². The lowest BCUT2D eigenvalue weighted by Gasteiger charge is -2.22. The van der Waals surface area contributed by atoms with Crippen LogP contribution in [0.4, 0.5) is 0 Å². The number of esters is 1. The van der Waals surface area contributed by atoms with Gasteiger partial charge in [0.05, 0.1) is 5.56 Å². The monoisotopic (exact) mass is 436 g/mol. The predicted molar refractivity (Wildman–Crippen MR) is 125 cm³/mol. The molecule has 5 rings (SSSR count). The molecule has 2 heterocycles. The average Bonchev–Trinajstić information content (AvgIpc) is 3.13. The number of benzene rings is 3. The molecule has 2 aliphatic rings. The van der Waals surface area contributed by atoms with Crippen LogP contribution in [0.25, 0.3) is 12.2 Å². The first-order valence-corrected chi connectivity index (χ1v) is 10.6. The summed E-state index contributed by atoms with van der Waals surface area (Å²) in [4.78, 5) is 25.0. The van der Waals surface area contributed by atoms with E-state index in [-0.39, 0.29) is 17.6 Å². The molecule has 33 heavy (non-hydrogen) atoms. The molecule has 0 saturated carbocycles.